The fourth-order valence-electron chi connectivity index (χ4n) is 8.66. The third-order valence-electron chi connectivity index (χ3n) is 13.3. The monoisotopic (exact) mass is 891 g/mol. The van der Waals surface area contributed by atoms with Crippen LogP contribution >= 0.6 is 0 Å². The maximum atomic E-state index is 12.8. The zero-order valence-electron chi connectivity index (χ0n) is 43.2. The van der Waals surface area contributed by atoms with Crippen molar-refractivity contribution in [1.29, 1.82) is 0 Å². The van der Waals surface area contributed by atoms with E-state index in [2.05, 4.69) is 34.6 Å². The van der Waals surface area contributed by atoms with Crippen LogP contribution < -0.4 is 0 Å². The average molecular weight is 892 g/mol. The van der Waals surface area contributed by atoms with Crippen molar-refractivity contribution in [3.63, 3.8) is 0 Å². The molecule has 0 N–H and O–H groups in total. The lowest BCUT2D eigenvalue weighted by Gasteiger charge is -2.18. The van der Waals surface area contributed by atoms with Gasteiger partial charge in [0.1, 0.15) is 13.2 Å². The highest BCUT2D eigenvalue weighted by Crippen LogP contribution is 2.18. The second-order valence-corrected chi connectivity index (χ2v) is 20.3. The van der Waals surface area contributed by atoms with Crippen molar-refractivity contribution in [1.82, 2.24) is 0 Å². The first kappa shape index (κ1) is 61.4. The molecule has 0 heterocycles. The van der Waals surface area contributed by atoms with Gasteiger partial charge in [0.15, 0.2) is 6.10 Å². The zero-order valence-corrected chi connectivity index (χ0v) is 43.2. The standard InChI is InChI=1S/C57H110O6/c1-6-8-9-10-11-12-21-27-32-37-42-47-55(58)61-50-54(63-57(60)49-44-39-34-29-24-25-30-35-40-45-52(3)4)51-62-56(59)48-43-38-33-28-23-20-18-16-14-13-15-17-19-22-26-31-36-41-46-53(5)7-2/h52-54H,6-51H2,1-5H3/t53?,54-/m0/s1. The molecule has 0 amide bonds. The summed E-state index contributed by atoms with van der Waals surface area (Å²) in [5, 5.41) is 0. The minimum Gasteiger partial charge on any atom is -0.462 e. The molecular weight excluding hydrogens is 781 g/mol. The van der Waals surface area contributed by atoms with Gasteiger partial charge in [-0.15, -0.1) is 0 Å². The molecule has 0 aromatic heterocycles. The van der Waals surface area contributed by atoms with Crippen LogP contribution in [0.25, 0.3) is 0 Å². The van der Waals surface area contributed by atoms with Crippen molar-refractivity contribution in [2.45, 2.75) is 323 Å². The molecule has 0 aliphatic carbocycles. The van der Waals surface area contributed by atoms with Crippen LogP contribution in [0.1, 0.15) is 317 Å². The Hall–Kier alpha value is -1.59. The maximum Gasteiger partial charge on any atom is 0.306 e. The van der Waals surface area contributed by atoms with Crippen molar-refractivity contribution in [2.24, 2.45) is 11.8 Å². The van der Waals surface area contributed by atoms with Gasteiger partial charge in [-0.2, -0.15) is 0 Å². The summed E-state index contributed by atoms with van der Waals surface area (Å²) < 4.78 is 16.8. The molecule has 0 aliphatic heterocycles. The Labute approximate surface area is 393 Å². The van der Waals surface area contributed by atoms with Gasteiger partial charge >= 0.3 is 17.9 Å². The fraction of sp³-hybridized carbons (Fsp3) is 0.947. The van der Waals surface area contributed by atoms with Gasteiger partial charge in [-0.25, -0.2) is 0 Å². The summed E-state index contributed by atoms with van der Waals surface area (Å²) >= 11 is 0. The summed E-state index contributed by atoms with van der Waals surface area (Å²) in [6.07, 6.45) is 52.4. The number of unbranched alkanes of at least 4 members (excludes halogenated alkanes) is 35. The second-order valence-electron chi connectivity index (χ2n) is 20.3. The predicted octanol–water partition coefficient (Wildman–Crippen LogP) is 18.5. The SMILES string of the molecule is CCCCCCCCCCCCCC(=O)OC[C@@H](COC(=O)CCCCCCCCCCCCCCCCCCCCC(C)CC)OC(=O)CCCCCCCCCCCC(C)C. The number of hydrogen-bond acceptors (Lipinski definition) is 6. The van der Waals surface area contributed by atoms with Crippen LogP contribution in [0, 0.1) is 11.8 Å². The Morgan fingerprint density at radius 1 is 0.333 bits per heavy atom. The molecule has 0 spiro atoms. The zero-order chi connectivity index (χ0) is 46.1. The van der Waals surface area contributed by atoms with E-state index in [1.807, 2.05) is 0 Å². The molecule has 0 fully saturated rings. The van der Waals surface area contributed by atoms with Gasteiger partial charge in [0.25, 0.3) is 0 Å². The van der Waals surface area contributed by atoms with E-state index < -0.39 is 6.10 Å². The number of hydrogen-bond donors (Lipinski definition) is 0. The lowest BCUT2D eigenvalue weighted by atomic mass is 9.99. The molecule has 0 saturated heterocycles. The van der Waals surface area contributed by atoms with Crippen molar-refractivity contribution in [3.05, 3.63) is 0 Å². The Balaban J connectivity index is 4.19. The second kappa shape index (κ2) is 49.8. The lowest BCUT2D eigenvalue weighted by Crippen LogP contribution is -2.30. The van der Waals surface area contributed by atoms with Crippen molar-refractivity contribution in [3.8, 4) is 0 Å². The van der Waals surface area contributed by atoms with Gasteiger partial charge in [-0.1, -0.05) is 279 Å². The first-order valence-electron chi connectivity index (χ1n) is 28.3. The molecule has 1 unspecified atom stereocenters. The Morgan fingerprint density at radius 3 is 0.905 bits per heavy atom. The average Bonchev–Trinajstić information content (AvgIpc) is 3.27. The molecule has 6 heteroatoms. The molecule has 0 aliphatic rings. The molecular formula is C57H110O6. The minimum atomic E-state index is -0.762. The Kier molecular flexibility index (Phi) is 48.6. The largest absolute Gasteiger partial charge is 0.462 e. The third kappa shape index (κ3) is 49.7. The van der Waals surface area contributed by atoms with Crippen LogP contribution in [-0.2, 0) is 28.6 Å². The van der Waals surface area contributed by atoms with Crippen LogP contribution in [0.2, 0.25) is 0 Å². The van der Waals surface area contributed by atoms with E-state index in [0.29, 0.717) is 19.3 Å². The van der Waals surface area contributed by atoms with Crippen LogP contribution in [0.3, 0.4) is 0 Å². The van der Waals surface area contributed by atoms with E-state index in [4.69, 9.17) is 14.2 Å². The van der Waals surface area contributed by atoms with Gasteiger partial charge in [-0.05, 0) is 31.1 Å². The third-order valence-corrected chi connectivity index (χ3v) is 13.3. The predicted molar refractivity (Wildman–Crippen MR) is 270 cm³/mol. The van der Waals surface area contributed by atoms with Crippen molar-refractivity contribution >= 4 is 17.9 Å². The topological polar surface area (TPSA) is 78.9 Å². The molecule has 0 radical (unpaired) electrons. The quantitative estimate of drug-likeness (QED) is 0.0344. The number of rotatable bonds is 51. The first-order chi connectivity index (χ1) is 30.8. The fourth-order valence-corrected chi connectivity index (χ4v) is 8.66. The van der Waals surface area contributed by atoms with Crippen LogP contribution in [0.5, 0.6) is 0 Å². The number of carbonyl (C=O) groups excluding carboxylic acids is 3. The molecule has 63 heavy (non-hydrogen) atoms. The van der Waals surface area contributed by atoms with Crippen LogP contribution in [0.4, 0.5) is 0 Å². The lowest BCUT2D eigenvalue weighted by molar-refractivity contribution is -0.167. The summed E-state index contributed by atoms with van der Waals surface area (Å²) in [6.45, 7) is 11.4. The Morgan fingerprint density at radius 2 is 0.603 bits per heavy atom. The summed E-state index contributed by atoms with van der Waals surface area (Å²) in [5.41, 5.74) is 0. The highest BCUT2D eigenvalue weighted by molar-refractivity contribution is 5.71. The molecule has 374 valence electrons. The first-order valence-corrected chi connectivity index (χ1v) is 28.3. The molecule has 0 aromatic rings. The summed E-state index contributed by atoms with van der Waals surface area (Å²) in [4.78, 5) is 38.0. The summed E-state index contributed by atoms with van der Waals surface area (Å²) in [5.74, 6) is 0.871. The molecule has 0 rings (SSSR count). The van der Waals surface area contributed by atoms with E-state index in [-0.39, 0.29) is 31.1 Å². The number of esters is 3. The van der Waals surface area contributed by atoms with Crippen molar-refractivity contribution in [2.75, 3.05) is 13.2 Å². The maximum absolute atomic E-state index is 12.8. The number of carbonyl (C=O) groups is 3. The minimum absolute atomic E-state index is 0.0633. The molecule has 0 bridgehead atoms. The van der Waals surface area contributed by atoms with Crippen molar-refractivity contribution < 1.29 is 28.6 Å². The van der Waals surface area contributed by atoms with Gasteiger partial charge in [0.2, 0.25) is 0 Å². The molecule has 0 aromatic carbocycles. The molecule has 6 nitrogen and oxygen atoms in total. The van der Waals surface area contributed by atoms with E-state index in [0.717, 1.165) is 69.6 Å². The van der Waals surface area contributed by atoms with Crippen LogP contribution in [0.15, 0.2) is 0 Å². The van der Waals surface area contributed by atoms with E-state index in [1.54, 1.807) is 0 Å². The molecule has 0 saturated carbocycles. The Bertz CT molecular complexity index is 964. The van der Waals surface area contributed by atoms with E-state index >= 15 is 0 Å². The highest BCUT2D eigenvalue weighted by Gasteiger charge is 2.19. The van der Waals surface area contributed by atoms with E-state index in [9.17, 15) is 14.4 Å². The normalized spacial score (nSPS) is 12.5. The highest BCUT2D eigenvalue weighted by atomic mass is 16.6. The van der Waals surface area contributed by atoms with Gasteiger partial charge in [-0.3, -0.25) is 14.4 Å². The summed E-state index contributed by atoms with van der Waals surface area (Å²) in [7, 11) is 0. The van der Waals surface area contributed by atoms with Gasteiger partial charge in [0.05, 0.1) is 0 Å². The number of ether oxygens (including phenoxy) is 3. The molecule has 2 atom stereocenters. The van der Waals surface area contributed by atoms with Gasteiger partial charge in [0, 0.05) is 19.3 Å². The van der Waals surface area contributed by atoms with E-state index in [1.165, 1.54) is 205 Å². The summed E-state index contributed by atoms with van der Waals surface area (Å²) in [6, 6.07) is 0. The van der Waals surface area contributed by atoms with Gasteiger partial charge < -0.3 is 14.2 Å². The smallest absolute Gasteiger partial charge is 0.306 e. The van der Waals surface area contributed by atoms with Crippen LogP contribution in [-0.4, -0.2) is 37.2 Å².